The SMILES string of the molecule is Cc1nc(-c2cc3[nH]c(=O)sc3cc2F)c(C#N)c(=O)[nH]1. The average Bonchev–Trinajstić information content (AvgIpc) is 2.76. The number of aromatic amines is 2. The first-order valence-electron chi connectivity index (χ1n) is 5.83. The van der Waals surface area contributed by atoms with Gasteiger partial charge in [-0.1, -0.05) is 11.3 Å². The van der Waals surface area contributed by atoms with E-state index in [4.69, 9.17) is 5.26 Å². The number of hydrogen-bond donors (Lipinski definition) is 2. The maximum Gasteiger partial charge on any atom is 0.305 e. The number of thiazole rings is 1. The highest BCUT2D eigenvalue weighted by Crippen LogP contribution is 2.27. The number of nitrogens with zero attached hydrogens (tertiary/aromatic N) is 2. The second kappa shape index (κ2) is 4.64. The molecule has 8 heteroatoms. The second-order valence-corrected chi connectivity index (χ2v) is 5.34. The number of benzene rings is 1. The van der Waals surface area contributed by atoms with Crippen molar-refractivity contribution in [3.8, 4) is 17.3 Å². The van der Waals surface area contributed by atoms with Crippen molar-refractivity contribution >= 4 is 21.6 Å². The van der Waals surface area contributed by atoms with Crippen molar-refractivity contribution in [3.05, 3.63) is 49.4 Å². The molecule has 3 rings (SSSR count). The molecule has 0 bridgehead atoms. The number of halogens is 1. The third-order valence-corrected chi connectivity index (χ3v) is 3.76. The fourth-order valence-corrected chi connectivity index (χ4v) is 2.78. The predicted octanol–water partition coefficient (Wildman–Crippen LogP) is 1.66. The van der Waals surface area contributed by atoms with Crippen molar-refractivity contribution in [3.63, 3.8) is 0 Å². The van der Waals surface area contributed by atoms with E-state index in [0.717, 1.165) is 11.3 Å². The van der Waals surface area contributed by atoms with Crippen molar-refractivity contribution in [2.24, 2.45) is 0 Å². The smallest absolute Gasteiger partial charge is 0.305 e. The van der Waals surface area contributed by atoms with Crippen LogP contribution in [0.5, 0.6) is 0 Å². The van der Waals surface area contributed by atoms with Gasteiger partial charge in [0.1, 0.15) is 23.3 Å². The minimum Gasteiger partial charge on any atom is -0.312 e. The molecule has 3 aromatic rings. The standard InChI is InChI=1S/C13H7FN4O2S/c1-5-16-11(7(4-15)12(19)17-5)6-2-9-10(3-8(6)14)21-13(20)18-9/h2-3H,1H3,(H,18,20)(H,16,17,19). The van der Waals surface area contributed by atoms with Gasteiger partial charge in [-0.25, -0.2) is 9.37 Å². The highest BCUT2D eigenvalue weighted by molar-refractivity contribution is 7.16. The summed E-state index contributed by atoms with van der Waals surface area (Å²) >= 11 is 0.882. The molecular formula is C13H7FN4O2S. The molecule has 0 radical (unpaired) electrons. The van der Waals surface area contributed by atoms with Crippen LogP contribution in [0.25, 0.3) is 21.5 Å². The molecule has 0 saturated heterocycles. The van der Waals surface area contributed by atoms with Gasteiger partial charge in [0.05, 0.1) is 15.9 Å². The van der Waals surface area contributed by atoms with Crippen molar-refractivity contribution in [1.82, 2.24) is 15.0 Å². The van der Waals surface area contributed by atoms with E-state index in [1.165, 1.54) is 19.1 Å². The molecule has 0 saturated carbocycles. The first-order chi connectivity index (χ1) is 9.99. The lowest BCUT2D eigenvalue weighted by molar-refractivity contribution is 0.632. The van der Waals surface area contributed by atoms with E-state index >= 15 is 0 Å². The molecule has 0 aliphatic rings. The quantitative estimate of drug-likeness (QED) is 0.713. The lowest BCUT2D eigenvalue weighted by Crippen LogP contribution is -2.15. The van der Waals surface area contributed by atoms with Crippen LogP contribution in [0, 0.1) is 24.1 Å². The summed E-state index contributed by atoms with van der Waals surface area (Å²) in [6, 6.07) is 4.29. The van der Waals surface area contributed by atoms with Crippen molar-refractivity contribution in [2.45, 2.75) is 6.92 Å². The van der Waals surface area contributed by atoms with Crippen molar-refractivity contribution < 1.29 is 4.39 Å². The molecule has 0 unspecified atom stereocenters. The molecule has 1 aromatic carbocycles. The third-order valence-electron chi connectivity index (χ3n) is 2.91. The van der Waals surface area contributed by atoms with Gasteiger partial charge in [0.2, 0.25) is 0 Å². The van der Waals surface area contributed by atoms with Gasteiger partial charge >= 0.3 is 4.87 Å². The Hall–Kier alpha value is -2.79. The predicted molar refractivity (Wildman–Crippen MR) is 75.7 cm³/mol. The van der Waals surface area contributed by atoms with Gasteiger partial charge in [0, 0.05) is 5.56 Å². The molecule has 0 aliphatic heterocycles. The number of fused-ring (bicyclic) bond motifs is 1. The van der Waals surface area contributed by atoms with Gasteiger partial charge in [-0.05, 0) is 19.1 Å². The summed E-state index contributed by atoms with van der Waals surface area (Å²) in [6.07, 6.45) is 0. The summed E-state index contributed by atoms with van der Waals surface area (Å²) in [5.41, 5.74) is -0.493. The fraction of sp³-hybridized carbons (Fsp3) is 0.0769. The molecule has 2 N–H and O–H groups in total. The topological polar surface area (TPSA) is 102 Å². The number of aryl methyl sites for hydroxylation is 1. The van der Waals surface area contributed by atoms with E-state index in [0.29, 0.717) is 10.2 Å². The first-order valence-corrected chi connectivity index (χ1v) is 6.65. The lowest BCUT2D eigenvalue weighted by atomic mass is 10.1. The van der Waals surface area contributed by atoms with Crippen LogP contribution in [0.15, 0.2) is 21.7 Å². The van der Waals surface area contributed by atoms with E-state index in [1.807, 2.05) is 0 Å². The van der Waals surface area contributed by atoms with Gasteiger partial charge in [-0.15, -0.1) is 0 Å². The molecule has 2 heterocycles. The van der Waals surface area contributed by atoms with Crippen LogP contribution in [0.4, 0.5) is 4.39 Å². The number of aromatic nitrogens is 3. The number of hydrogen-bond acceptors (Lipinski definition) is 5. The Kier molecular flexibility index (Phi) is 2.92. The third kappa shape index (κ3) is 2.13. The number of nitriles is 1. The molecule has 0 aliphatic carbocycles. The summed E-state index contributed by atoms with van der Waals surface area (Å²) in [5, 5.41) is 9.07. The zero-order chi connectivity index (χ0) is 15.1. The Bertz CT molecular complexity index is 1030. The largest absolute Gasteiger partial charge is 0.312 e. The van der Waals surface area contributed by atoms with Gasteiger partial charge < -0.3 is 9.97 Å². The molecule has 0 amide bonds. The molecule has 2 aromatic heterocycles. The van der Waals surface area contributed by atoms with Crippen molar-refractivity contribution in [2.75, 3.05) is 0 Å². The molecule has 6 nitrogen and oxygen atoms in total. The lowest BCUT2D eigenvalue weighted by Gasteiger charge is -2.05. The zero-order valence-corrected chi connectivity index (χ0v) is 11.5. The van der Waals surface area contributed by atoms with Crippen molar-refractivity contribution in [1.29, 1.82) is 5.26 Å². The highest BCUT2D eigenvalue weighted by atomic mass is 32.1. The first kappa shape index (κ1) is 13.2. The second-order valence-electron chi connectivity index (χ2n) is 4.33. The Morgan fingerprint density at radius 1 is 1.33 bits per heavy atom. The Labute approximate surface area is 120 Å². The molecule has 0 fully saturated rings. The summed E-state index contributed by atoms with van der Waals surface area (Å²) in [7, 11) is 0. The molecule has 104 valence electrons. The summed E-state index contributed by atoms with van der Waals surface area (Å²) in [4.78, 5) is 31.7. The summed E-state index contributed by atoms with van der Waals surface area (Å²) < 4.78 is 14.7. The Balaban J connectivity index is 2.40. The summed E-state index contributed by atoms with van der Waals surface area (Å²) in [5.74, 6) is -0.376. The van der Waals surface area contributed by atoms with E-state index in [-0.39, 0.29) is 27.5 Å². The van der Waals surface area contributed by atoms with Gasteiger partial charge in [-0.2, -0.15) is 5.26 Å². The zero-order valence-electron chi connectivity index (χ0n) is 10.7. The minimum atomic E-state index is -0.647. The normalized spacial score (nSPS) is 10.7. The Morgan fingerprint density at radius 3 is 2.81 bits per heavy atom. The van der Waals surface area contributed by atoms with Crippen LogP contribution >= 0.6 is 11.3 Å². The van der Waals surface area contributed by atoms with Gasteiger partial charge in [0.15, 0.2) is 0 Å². The van der Waals surface area contributed by atoms with Crippen LogP contribution in [0.1, 0.15) is 11.4 Å². The summed E-state index contributed by atoms with van der Waals surface area (Å²) in [6.45, 7) is 1.54. The molecule has 0 spiro atoms. The number of rotatable bonds is 1. The van der Waals surface area contributed by atoms with E-state index in [9.17, 15) is 14.0 Å². The molecule has 0 atom stereocenters. The monoisotopic (exact) mass is 302 g/mol. The molecular weight excluding hydrogens is 295 g/mol. The van der Waals surface area contributed by atoms with Crippen LogP contribution < -0.4 is 10.4 Å². The average molecular weight is 302 g/mol. The van der Waals surface area contributed by atoms with Crippen LogP contribution in [-0.4, -0.2) is 15.0 Å². The number of H-pyrrole nitrogens is 2. The van der Waals surface area contributed by atoms with E-state index in [2.05, 4.69) is 15.0 Å². The van der Waals surface area contributed by atoms with Crippen LogP contribution in [0.2, 0.25) is 0 Å². The van der Waals surface area contributed by atoms with Crippen LogP contribution in [0.3, 0.4) is 0 Å². The highest BCUT2D eigenvalue weighted by Gasteiger charge is 2.17. The van der Waals surface area contributed by atoms with E-state index in [1.54, 1.807) is 6.07 Å². The van der Waals surface area contributed by atoms with Gasteiger partial charge in [0.25, 0.3) is 5.56 Å². The fourth-order valence-electron chi connectivity index (χ4n) is 2.04. The minimum absolute atomic E-state index is 0.00213. The van der Waals surface area contributed by atoms with Gasteiger partial charge in [-0.3, -0.25) is 9.59 Å². The number of nitrogens with one attached hydrogen (secondary N) is 2. The maximum absolute atomic E-state index is 14.2. The van der Waals surface area contributed by atoms with Crippen LogP contribution in [-0.2, 0) is 0 Å². The van der Waals surface area contributed by atoms with E-state index < -0.39 is 11.4 Å². The Morgan fingerprint density at radius 2 is 2.10 bits per heavy atom. The maximum atomic E-state index is 14.2. The molecule has 21 heavy (non-hydrogen) atoms.